The molecular weight excluding hydrogens is 374 g/mol. The quantitative estimate of drug-likeness (QED) is 0.571. The third-order valence-electron chi connectivity index (χ3n) is 4.21. The highest BCUT2D eigenvalue weighted by Gasteiger charge is 2.26. The number of carbonyl (C=O) groups is 2. The number of benzene rings is 2. The molecule has 0 radical (unpaired) electrons. The summed E-state index contributed by atoms with van der Waals surface area (Å²) in [6, 6.07) is 19.5. The van der Waals surface area contributed by atoms with Crippen LogP contribution in [0.2, 0.25) is 0 Å². The number of rotatable bonds is 7. The zero-order valence-corrected chi connectivity index (χ0v) is 16.6. The van der Waals surface area contributed by atoms with Crippen molar-refractivity contribution in [1.82, 2.24) is 14.5 Å². The van der Waals surface area contributed by atoms with Crippen LogP contribution in [0.3, 0.4) is 0 Å². The Labute approximate surface area is 167 Å². The number of aryl methyl sites for hydroxylation is 1. The van der Waals surface area contributed by atoms with Gasteiger partial charge in [-0.15, -0.1) is 5.10 Å². The van der Waals surface area contributed by atoms with Gasteiger partial charge in [-0.25, -0.2) is 4.79 Å². The van der Waals surface area contributed by atoms with Crippen molar-refractivity contribution in [3.8, 4) is 0 Å². The summed E-state index contributed by atoms with van der Waals surface area (Å²) in [6.45, 7) is 4.13. The van der Waals surface area contributed by atoms with Crippen LogP contribution >= 0.6 is 11.5 Å². The first-order valence-electron chi connectivity index (χ1n) is 8.91. The van der Waals surface area contributed by atoms with Gasteiger partial charge in [-0.05, 0) is 36.5 Å². The van der Waals surface area contributed by atoms with Crippen LogP contribution in [0.15, 0.2) is 60.7 Å². The number of ether oxygens (including phenoxy) is 1. The molecular formula is C21H21N3O3S. The maximum atomic E-state index is 13.1. The van der Waals surface area contributed by atoms with Crippen LogP contribution in [-0.4, -0.2) is 32.5 Å². The Kier molecular flexibility index (Phi) is 6.49. The summed E-state index contributed by atoms with van der Waals surface area (Å²) in [5.41, 5.74) is 2.51. The normalized spacial score (nSPS) is 11.6. The smallest absolute Gasteiger partial charge is 0.352 e. The summed E-state index contributed by atoms with van der Waals surface area (Å²) in [6.07, 6.45) is -0.915. The molecule has 1 aromatic heterocycles. The van der Waals surface area contributed by atoms with E-state index in [2.05, 4.69) is 9.59 Å². The van der Waals surface area contributed by atoms with E-state index in [9.17, 15) is 9.59 Å². The van der Waals surface area contributed by atoms with E-state index in [-0.39, 0.29) is 5.91 Å². The average Bonchev–Trinajstić information content (AvgIpc) is 3.14. The third-order valence-corrected chi connectivity index (χ3v) is 5.02. The number of aromatic nitrogens is 2. The van der Waals surface area contributed by atoms with Crippen LogP contribution in [0.4, 0.5) is 0 Å². The highest BCUT2D eigenvalue weighted by atomic mass is 32.1. The van der Waals surface area contributed by atoms with Gasteiger partial charge in [0.1, 0.15) is 0 Å². The van der Waals surface area contributed by atoms with Crippen molar-refractivity contribution in [3.63, 3.8) is 0 Å². The summed E-state index contributed by atoms with van der Waals surface area (Å²) in [5.74, 6) is -0.830. The molecule has 0 N–H and O–H groups in total. The molecule has 1 amide bonds. The summed E-state index contributed by atoms with van der Waals surface area (Å²) in [5, 5.41) is 3.81. The molecule has 2 aromatic carbocycles. The van der Waals surface area contributed by atoms with Crippen molar-refractivity contribution in [3.05, 3.63) is 82.4 Å². The molecule has 0 aliphatic heterocycles. The van der Waals surface area contributed by atoms with Gasteiger partial charge in [-0.3, -0.25) is 4.79 Å². The Hall–Kier alpha value is -3.06. The number of esters is 1. The lowest BCUT2D eigenvalue weighted by atomic mass is 10.1. The van der Waals surface area contributed by atoms with Gasteiger partial charge >= 0.3 is 5.97 Å². The Morgan fingerprint density at radius 2 is 1.54 bits per heavy atom. The van der Waals surface area contributed by atoms with E-state index in [1.54, 1.807) is 18.7 Å². The fraction of sp³-hybridized carbons (Fsp3) is 0.238. The summed E-state index contributed by atoms with van der Waals surface area (Å²) in [7, 11) is 0. The SMILES string of the molecule is Cc1nnsc1C(=O)O[C@H](C)C(=O)N(Cc1ccccc1)Cc1ccccc1. The minimum Gasteiger partial charge on any atom is -0.448 e. The fourth-order valence-corrected chi connectivity index (χ4v) is 3.30. The average molecular weight is 395 g/mol. The van der Waals surface area contributed by atoms with E-state index >= 15 is 0 Å². The van der Waals surface area contributed by atoms with Gasteiger partial charge in [-0.1, -0.05) is 65.2 Å². The number of hydrogen-bond donors (Lipinski definition) is 0. The minimum atomic E-state index is -0.915. The maximum Gasteiger partial charge on any atom is 0.352 e. The number of hydrogen-bond acceptors (Lipinski definition) is 6. The zero-order valence-electron chi connectivity index (χ0n) is 15.7. The molecule has 1 heterocycles. The van der Waals surface area contributed by atoms with Crippen molar-refractivity contribution in [2.75, 3.05) is 0 Å². The van der Waals surface area contributed by atoms with Crippen LogP contribution in [0, 0.1) is 6.92 Å². The van der Waals surface area contributed by atoms with Gasteiger partial charge in [0.2, 0.25) is 0 Å². The predicted octanol–water partition coefficient (Wildman–Crippen LogP) is 3.62. The molecule has 0 aliphatic rings. The van der Waals surface area contributed by atoms with Crippen LogP contribution in [-0.2, 0) is 22.6 Å². The number of nitrogens with zero attached hydrogens (tertiary/aromatic N) is 3. The van der Waals surface area contributed by atoms with E-state index in [1.807, 2.05) is 60.7 Å². The van der Waals surface area contributed by atoms with Crippen molar-refractivity contribution in [2.24, 2.45) is 0 Å². The van der Waals surface area contributed by atoms with Crippen molar-refractivity contribution < 1.29 is 14.3 Å². The highest BCUT2D eigenvalue weighted by molar-refractivity contribution is 7.07. The molecule has 0 fully saturated rings. The van der Waals surface area contributed by atoms with Gasteiger partial charge in [0.15, 0.2) is 11.0 Å². The molecule has 3 rings (SSSR count). The van der Waals surface area contributed by atoms with Gasteiger partial charge in [0.25, 0.3) is 5.91 Å². The molecule has 7 heteroatoms. The number of carbonyl (C=O) groups excluding carboxylic acids is 2. The van der Waals surface area contributed by atoms with Crippen LogP contribution in [0.1, 0.15) is 33.4 Å². The van der Waals surface area contributed by atoms with Gasteiger partial charge in [0.05, 0.1) is 5.69 Å². The minimum absolute atomic E-state index is 0.254. The molecule has 0 saturated heterocycles. The summed E-state index contributed by atoms with van der Waals surface area (Å²) < 4.78 is 9.13. The lowest BCUT2D eigenvalue weighted by molar-refractivity contribution is -0.141. The van der Waals surface area contributed by atoms with E-state index in [0.29, 0.717) is 23.7 Å². The molecule has 0 bridgehead atoms. The molecule has 28 heavy (non-hydrogen) atoms. The van der Waals surface area contributed by atoms with Crippen molar-refractivity contribution >= 4 is 23.4 Å². The van der Waals surface area contributed by atoms with Gasteiger partial charge in [0, 0.05) is 13.1 Å². The topological polar surface area (TPSA) is 72.4 Å². The standard InChI is InChI=1S/C21H21N3O3S/c1-15-19(28-23-22-15)21(26)27-16(2)20(25)24(13-17-9-5-3-6-10-17)14-18-11-7-4-8-12-18/h3-12,16H,13-14H2,1-2H3/t16-/m1/s1. The molecule has 0 saturated carbocycles. The molecule has 0 spiro atoms. The Morgan fingerprint density at radius 3 is 2.00 bits per heavy atom. The first kappa shape index (κ1) is 19.7. The molecule has 6 nitrogen and oxygen atoms in total. The maximum absolute atomic E-state index is 13.1. The molecule has 0 unspecified atom stereocenters. The molecule has 0 aliphatic carbocycles. The molecule has 3 aromatic rings. The zero-order chi connectivity index (χ0) is 19.9. The van der Waals surface area contributed by atoms with E-state index in [0.717, 1.165) is 22.7 Å². The van der Waals surface area contributed by atoms with Crippen LogP contribution < -0.4 is 0 Å². The molecule has 1 atom stereocenters. The first-order chi connectivity index (χ1) is 13.5. The summed E-state index contributed by atoms with van der Waals surface area (Å²) in [4.78, 5) is 27.4. The van der Waals surface area contributed by atoms with Crippen LogP contribution in [0.25, 0.3) is 0 Å². The summed E-state index contributed by atoms with van der Waals surface area (Å²) >= 11 is 0.964. The fourth-order valence-electron chi connectivity index (χ4n) is 2.76. The van der Waals surface area contributed by atoms with Crippen molar-refractivity contribution in [1.29, 1.82) is 0 Å². The number of amides is 1. The van der Waals surface area contributed by atoms with Gasteiger partial charge in [-0.2, -0.15) is 0 Å². The molecule has 144 valence electrons. The van der Waals surface area contributed by atoms with E-state index in [4.69, 9.17) is 4.74 Å². The Bertz CT molecular complexity index is 887. The Morgan fingerprint density at radius 1 is 1.00 bits per heavy atom. The largest absolute Gasteiger partial charge is 0.448 e. The van der Waals surface area contributed by atoms with E-state index in [1.165, 1.54) is 0 Å². The van der Waals surface area contributed by atoms with E-state index < -0.39 is 12.1 Å². The predicted molar refractivity (Wildman–Crippen MR) is 107 cm³/mol. The highest BCUT2D eigenvalue weighted by Crippen LogP contribution is 2.16. The lowest BCUT2D eigenvalue weighted by Crippen LogP contribution is -2.39. The first-order valence-corrected chi connectivity index (χ1v) is 9.68. The van der Waals surface area contributed by atoms with Gasteiger partial charge < -0.3 is 9.64 Å². The van der Waals surface area contributed by atoms with Crippen molar-refractivity contribution in [2.45, 2.75) is 33.0 Å². The second kappa shape index (κ2) is 9.23. The lowest BCUT2D eigenvalue weighted by Gasteiger charge is -2.26. The monoisotopic (exact) mass is 395 g/mol. The third kappa shape index (κ3) is 5.01. The van der Waals surface area contributed by atoms with Crippen LogP contribution in [0.5, 0.6) is 0 Å². The second-order valence-corrected chi connectivity index (χ2v) is 7.15. The second-order valence-electron chi connectivity index (χ2n) is 6.40. The Balaban J connectivity index is 1.74.